The van der Waals surface area contributed by atoms with Crippen molar-refractivity contribution in [2.45, 2.75) is 33.0 Å². The van der Waals surface area contributed by atoms with Gasteiger partial charge in [0.2, 0.25) is 0 Å². The molecule has 3 nitrogen and oxygen atoms in total. The van der Waals surface area contributed by atoms with Crippen molar-refractivity contribution in [3.8, 4) is 5.75 Å². The SMILES string of the molecule is CC(C)CNCc1ccc(OCCCO)c(C(F)(F)F)c1. The van der Waals surface area contributed by atoms with Gasteiger partial charge >= 0.3 is 6.18 Å². The zero-order valence-corrected chi connectivity index (χ0v) is 12.3. The van der Waals surface area contributed by atoms with Crippen LogP contribution in [0.4, 0.5) is 13.2 Å². The summed E-state index contributed by atoms with van der Waals surface area (Å²) in [5.41, 5.74) is -0.207. The molecule has 0 bridgehead atoms. The summed E-state index contributed by atoms with van der Waals surface area (Å²) in [6, 6.07) is 4.07. The highest BCUT2D eigenvalue weighted by Crippen LogP contribution is 2.36. The Balaban J connectivity index is 2.81. The first kappa shape index (κ1) is 17.8. The Bertz CT molecular complexity index is 433. The maximum Gasteiger partial charge on any atom is 0.419 e. The molecule has 0 saturated carbocycles. The summed E-state index contributed by atoms with van der Waals surface area (Å²) in [4.78, 5) is 0. The van der Waals surface area contributed by atoms with E-state index in [0.29, 0.717) is 24.4 Å². The highest BCUT2D eigenvalue weighted by Gasteiger charge is 2.34. The average molecular weight is 305 g/mol. The number of hydrogen-bond acceptors (Lipinski definition) is 3. The van der Waals surface area contributed by atoms with Gasteiger partial charge in [-0.3, -0.25) is 0 Å². The Morgan fingerprint density at radius 1 is 1.29 bits per heavy atom. The maximum absolute atomic E-state index is 13.0. The van der Waals surface area contributed by atoms with Crippen molar-refractivity contribution < 1.29 is 23.0 Å². The van der Waals surface area contributed by atoms with E-state index in [2.05, 4.69) is 5.32 Å². The fraction of sp³-hybridized carbons (Fsp3) is 0.600. The monoisotopic (exact) mass is 305 g/mol. The normalized spacial score (nSPS) is 12.0. The molecule has 0 aromatic heterocycles. The molecule has 120 valence electrons. The molecule has 0 aliphatic heterocycles. The molecule has 21 heavy (non-hydrogen) atoms. The lowest BCUT2D eigenvalue weighted by molar-refractivity contribution is -0.139. The number of rotatable bonds is 8. The van der Waals surface area contributed by atoms with Gasteiger partial charge in [0, 0.05) is 19.6 Å². The lowest BCUT2D eigenvalue weighted by Crippen LogP contribution is -2.19. The van der Waals surface area contributed by atoms with E-state index in [1.165, 1.54) is 6.07 Å². The van der Waals surface area contributed by atoms with Gasteiger partial charge < -0.3 is 15.2 Å². The maximum atomic E-state index is 13.0. The largest absolute Gasteiger partial charge is 0.493 e. The van der Waals surface area contributed by atoms with E-state index in [4.69, 9.17) is 9.84 Å². The van der Waals surface area contributed by atoms with Crippen LogP contribution in [0.1, 0.15) is 31.4 Å². The molecule has 2 N–H and O–H groups in total. The summed E-state index contributed by atoms with van der Waals surface area (Å²) in [5, 5.41) is 11.8. The minimum atomic E-state index is -4.46. The van der Waals surface area contributed by atoms with Gasteiger partial charge in [-0.15, -0.1) is 0 Å². The lowest BCUT2D eigenvalue weighted by Gasteiger charge is -2.16. The zero-order valence-electron chi connectivity index (χ0n) is 12.3. The molecular weight excluding hydrogens is 283 g/mol. The fourth-order valence-corrected chi connectivity index (χ4v) is 1.79. The molecule has 0 fully saturated rings. The van der Waals surface area contributed by atoms with Crippen LogP contribution in [0.2, 0.25) is 0 Å². The number of nitrogens with one attached hydrogen (secondary N) is 1. The van der Waals surface area contributed by atoms with E-state index in [1.54, 1.807) is 6.07 Å². The molecule has 6 heteroatoms. The number of aliphatic hydroxyl groups excluding tert-OH is 1. The number of benzene rings is 1. The highest BCUT2D eigenvalue weighted by atomic mass is 19.4. The quantitative estimate of drug-likeness (QED) is 0.725. The summed E-state index contributed by atoms with van der Waals surface area (Å²) in [6.45, 7) is 5.15. The van der Waals surface area contributed by atoms with Crippen LogP contribution in [0.5, 0.6) is 5.75 Å². The standard InChI is InChI=1S/C15H22F3NO2/c1-11(2)9-19-10-12-4-5-14(21-7-3-6-20)13(8-12)15(16,17)18/h4-5,8,11,19-20H,3,6-7,9-10H2,1-2H3. The van der Waals surface area contributed by atoms with Crippen LogP contribution in [0.25, 0.3) is 0 Å². The summed E-state index contributed by atoms with van der Waals surface area (Å²) in [5.74, 6) is 0.247. The molecule has 1 aromatic rings. The number of halogens is 3. The Labute approximate surface area is 123 Å². The number of aliphatic hydroxyl groups is 1. The van der Waals surface area contributed by atoms with E-state index >= 15 is 0 Å². The van der Waals surface area contributed by atoms with Gasteiger partial charge in [0.1, 0.15) is 5.75 Å². The summed E-state index contributed by atoms with van der Waals surface area (Å²) >= 11 is 0. The Hall–Kier alpha value is -1.27. The van der Waals surface area contributed by atoms with Gasteiger partial charge in [-0.25, -0.2) is 0 Å². The minimum Gasteiger partial charge on any atom is -0.493 e. The topological polar surface area (TPSA) is 41.5 Å². The molecule has 0 atom stereocenters. The molecule has 0 spiro atoms. The zero-order chi connectivity index (χ0) is 15.9. The third-order valence-electron chi connectivity index (χ3n) is 2.79. The molecule has 1 rings (SSSR count). The van der Waals surface area contributed by atoms with E-state index in [1.807, 2.05) is 13.8 Å². The van der Waals surface area contributed by atoms with Crippen molar-refractivity contribution in [2.75, 3.05) is 19.8 Å². The van der Waals surface area contributed by atoms with E-state index < -0.39 is 11.7 Å². The molecule has 0 amide bonds. The van der Waals surface area contributed by atoms with Crippen molar-refractivity contribution in [3.05, 3.63) is 29.3 Å². The van der Waals surface area contributed by atoms with Gasteiger partial charge in [0.15, 0.2) is 0 Å². The second-order valence-electron chi connectivity index (χ2n) is 5.28. The first-order valence-electron chi connectivity index (χ1n) is 6.99. The van der Waals surface area contributed by atoms with Crippen LogP contribution >= 0.6 is 0 Å². The molecule has 1 aromatic carbocycles. The smallest absolute Gasteiger partial charge is 0.419 e. The van der Waals surface area contributed by atoms with Crippen LogP contribution in [-0.4, -0.2) is 24.9 Å². The lowest BCUT2D eigenvalue weighted by atomic mass is 10.1. The molecule has 0 radical (unpaired) electrons. The van der Waals surface area contributed by atoms with Crippen molar-refractivity contribution in [3.63, 3.8) is 0 Å². The summed E-state index contributed by atoms with van der Waals surface area (Å²) in [6.07, 6.45) is -4.16. The number of ether oxygens (including phenoxy) is 1. The molecular formula is C15H22F3NO2. The first-order chi connectivity index (χ1) is 9.84. The Morgan fingerprint density at radius 3 is 2.57 bits per heavy atom. The Morgan fingerprint density at radius 2 is 2.00 bits per heavy atom. The number of alkyl halides is 3. The minimum absolute atomic E-state index is 0.0600. The summed E-state index contributed by atoms with van der Waals surface area (Å²) < 4.78 is 44.2. The average Bonchev–Trinajstić information content (AvgIpc) is 2.38. The van der Waals surface area contributed by atoms with E-state index in [-0.39, 0.29) is 19.0 Å². The third-order valence-corrected chi connectivity index (χ3v) is 2.79. The van der Waals surface area contributed by atoms with Crippen LogP contribution in [-0.2, 0) is 12.7 Å². The predicted molar refractivity (Wildman–Crippen MR) is 75.2 cm³/mol. The second-order valence-corrected chi connectivity index (χ2v) is 5.28. The van der Waals surface area contributed by atoms with Crippen molar-refractivity contribution in [1.82, 2.24) is 5.32 Å². The fourth-order valence-electron chi connectivity index (χ4n) is 1.79. The van der Waals surface area contributed by atoms with Crippen LogP contribution in [0.15, 0.2) is 18.2 Å². The van der Waals surface area contributed by atoms with Crippen molar-refractivity contribution in [2.24, 2.45) is 5.92 Å². The molecule has 0 aliphatic carbocycles. The van der Waals surface area contributed by atoms with Crippen LogP contribution in [0.3, 0.4) is 0 Å². The molecule has 0 unspecified atom stereocenters. The molecule has 0 heterocycles. The van der Waals surface area contributed by atoms with E-state index in [0.717, 1.165) is 12.6 Å². The van der Waals surface area contributed by atoms with Crippen LogP contribution < -0.4 is 10.1 Å². The van der Waals surface area contributed by atoms with Gasteiger partial charge in [-0.05, 0) is 30.2 Å². The third kappa shape index (κ3) is 6.35. The Kier molecular flexibility index (Phi) is 6.98. The highest BCUT2D eigenvalue weighted by molar-refractivity contribution is 5.39. The van der Waals surface area contributed by atoms with Crippen LogP contribution in [0, 0.1) is 5.92 Å². The first-order valence-corrected chi connectivity index (χ1v) is 6.99. The number of hydrogen-bond donors (Lipinski definition) is 2. The van der Waals surface area contributed by atoms with Gasteiger partial charge in [0.25, 0.3) is 0 Å². The molecule has 0 saturated heterocycles. The predicted octanol–water partition coefficient (Wildman–Crippen LogP) is 3.21. The van der Waals surface area contributed by atoms with E-state index in [9.17, 15) is 13.2 Å². The van der Waals surface area contributed by atoms with Crippen molar-refractivity contribution in [1.29, 1.82) is 0 Å². The van der Waals surface area contributed by atoms with Crippen molar-refractivity contribution >= 4 is 0 Å². The molecule has 0 aliphatic rings. The van der Waals surface area contributed by atoms with Gasteiger partial charge in [-0.2, -0.15) is 13.2 Å². The van der Waals surface area contributed by atoms with Gasteiger partial charge in [-0.1, -0.05) is 19.9 Å². The second kappa shape index (κ2) is 8.24. The summed E-state index contributed by atoms with van der Waals surface area (Å²) in [7, 11) is 0. The van der Waals surface area contributed by atoms with Gasteiger partial charge in [0.05, 0.1) is 12.2 Å².